The van der Waals surface area contributed by atoms with Crippen molar-refractivity contribution >= 4 is 17.4 Å². The van der Waals surface area contributed by atoms with Crippen molar-refractivity contribution in [1.82, 2.24) is 10.2 Å². The summed E-state index contributed by atoms with van der Waals surface area (Å²) in [6.45, 7) is 0.566. The van der Waals surface area contributed by atoms with Gasteiger partial charge in [0.1, 0.15) is 11.6 Å². The van der Waals surface area contributed by atoms with Gasteiger partial charge in [0.05, 0.1) is 0 Å². The van der Waals surface area contributed by atoms with Crippen LogP contribution in [0.25, 0.3) is 0 Å². The van der Waals surface area contributed by atoms with Gasteiger partial charge >= 0.3 is 0 Å². The molecule has 1 heterocycles. The number of nitrogens with one attached hydrogen (secondary N) is 1. The van der Waals surface area contributed by atoms with Crippen molar-refractivity contribution in [1.29, 1.82) is 0 Å². The zero-order chi connectivity index (χ0) is 11.4. The molecule has 3 nitrogen and oxygen atoms in total. The second kappa shape index (κ2) is 4.90. The summed E-state index contributed by atoms with van der Waals surface area (Å²) in [6, 6.07) is 9.66. The molecule has 0 saturated carbocycles. The minimum absolute atomic E-state index is 0.241. The molecule has 2 aromatic rings. The van der Waals surface area contributed by atoms with Gasteiger partial charge in [-0.25, -0.2) is 4.39 Å². The highest BCUT2D eigenvalue weighted by atomic mass is 35.5. The van der Waals surface area contributed by atoms with Gasteiger partial charge in [-0.3, -0.25) is 0 Å². The van der Waals surface area contributed by atoms with E-state index in [0.717, 1.165) is 5.56 Å². The maximum Gasteiger partial charge on any atom is 0.151 e. The van der Waals surface area contributed by atoms with E-state index in [-0.39, 0.29) is 5.82 Å². The predicted molar refractivity (Wildman–Crippen MR) is 60.8 cm³/mol. The fraction of sp³-hybridized carbons (Fsp3) is 0.0909. The van der Waals surface area contributed by atoms with E-state index in [4.69, 9.17) is 11.6 Å². The van der Waals surface area contributed by atoms with E-state index in [9.17, 15) is 4.39 Å². The van der Waals surface area contributed by atoms with Crippen LogP contribution in [0.2, 0.25) is 5.15 Å². The van der Waals surface area contributed by atoms with Crippen LogP contribution in [-0.2, 0) is 6.54 Å². The Balaban J connectivity index is 1.97. The molecular weight excluding hydrogens is 229 g/mol. The largest absolute Gasteiger partial charge is 0.365 e. The van der Waals surface area contributed by atoms with Gasteiger partial charge < -0.3 is 5.32 Å². The Morgan fingerprint density at radius 2 is 1.81 bits per heavy atom. The van der Waals surface area contributed by atoms with Crippen LogP contribution in [0.4, 0.5) is 10.2 Å². The molecule has 0 atom stereocenters. The molecule has 82 valence electrons. The highest BCUT2D eigenvalue weighted by molar-refractivity contribution is 6.29. The van der Waals surface area contributed by atoms with Crippen molar-refractivity contribution in [2.75, 3.05) is 5.32 Å². The van der Waals surface area contributed by atoms with Crippen LogP contribution in [0.5, 0.6) is 0 Å². The van der Waals surface area contributed by atoms with E-state index >= 15 is 0 Å². The quantitative estimate of drug-likeness (QED) is 0.892. The van der Waals surface area contributed by atoms with Crippen molar-refractivity contribution in [3.8, 4) is 0 Å². The average molecular weight is 238 g/mol. The number of hydrogen-bond acceptors (Lipinski definition) is 3. The van der Waals surface area contributed by atoms with E-state index in [2.05, 4.69) is 15.5 Å². The first-order valence-electron chi connectivity index (χ1n) is 4.71. The van der Waals surface area contributed by atoms with Crippen LogP contribution < -0.4 is 5.32 Å². The van der Waals surface area contributed by atoms with Crippen molar-refractivity contribution in [2.24, 2.45) is 0 Å². The first-order valence-corrected chi connectivity index (χ1v) is 5.09. The van der Waals surface area contributed by atoms with Gasteiger partial charge in [0, 0.05) is 6.54 Å². The molecule has 1 N–H and O–H groups in total. The first kappa shape index (κ1) is 10.8. The summed E-state index contributed by atoms with van der Waals surface area (Å²) in [5, 5.41) is 10.9. The third-order valence-electron chi connectivity index (χ3n) is 2.02. The second-order valence-corrected chi connectivity index (χ2v) is 3.61. The summed E-state index contributed by atoms with van der Waals surface area (Å²) >= 11 is 5.60. The fourth-order valence-corrected chi connectivity index (χ4v) is 1.31. The zero-order valence-corrected chi connectivity index (χ0v) is 9.08. The van der Waals surface area contributed by atoms with Crippen LogP contribution in [-0.4, -0.2) is 10.2 Å². The Labute approximate surface area is 97.3 Å². The number of benzene rings is 1. The molecule has 0 amide bonds. The molecule has 0 bridgehead atoms. The van der Waals surface area contributed by atoms with Gasteiger partial charge in [0.2, 0.25) is 0 Å². The van der Waals surface area contributed by atoms with Gasteiger partial charge in [-0.05, 0) is 29.8 Å². The Morgan fingerprint density at radius 3 is 2.44 bits per heavy atom. The molecule has 0 fully saturated rings. The molecule has 0 unspecified atom stereocenters. The third kappa shape index (κ3) is 2.90. The van der Waals surface area contributed by atoms with Crippen molar-refractivity contribution < 1.29 is 4.39 Å². The molecule has 0 aliphatic heterocycles. The van der Waals surface area contributed by atoms with Crippen LogP contribution in [0.15, 0.2) is 36.4 Å². The first-order chi connectivity index (χ1) is 7.74. The molecule has 5 heteroatoms. The predicted octanol–water partition coefficient (Wildman–Crippen LogP) is 2.88. The lowest BCUT2D eigenvalue weighted by Crippen LogP contribution is -2.01. The van der Waals surface area contributed by atoms with Gasteiger partial charge in [0.15, 0.2) is 5.15 Å². The number of anilines is 1. The van der Waals surface area contributed by atoms with Gasteiger partial charge in [-0.2, -0.15) is 0 Å². The van der Waals surface area contributed by atoms with Crippen LogP contribution >= 0.6 is 11.6 Å². The molecule has 0 aliphatic carbocycles. The van der Waals surface area contributed by atoms with E-state index in [0.29, 0.717) is 17.5 Å². The van der Waals surface area contributed by atoms with Crippen LogP contribution in [0.3, 0.4) is 0 Å². The molecule has 0 spiro atoms. The molecule has 0 radical (unpaired) electrons. The maximum absolute atomic E-state index is 12.6. The van der Waals surface area contributed by atoms with Crippen molar-refractivity contribution in [3.05, 3.63) is 52.9 Å². The second-order valence-electron chi connectivity index (χ2n) is 3.22. The average Bonchev–Trinajstić information content (AvgIpc) is 2.30. The number of aromatic nitrogens is 2. The minimum Gasteiger partial charge on any atom is -0.365 e. The molecule has 1 aromatic carbocycles. The molecule has 2 rings (SSSR count). The molecular formula is C11H9ClFN3. The van der Waals surface area contributed by atoms with E-state index in [1.54, 1.807) is 24.3 Å². The molecule has 0 saturated heterocycles. The van der Waals surface area contributed by atoms with Gasteiger partial charge in [0.25, 0.3) is 0 Å². The summed E-state index contributed by atoms with van der Waals surface area (Å²) in [5.41, 5.74) is 0.971. The van der Waals surface area contributed by atoms with Crippen molar-refractivity contribution in [2.45, 2.75) is 6.54 Å². The Bertz CT molecular complexity index is 410. The van der Waals surface area contributed by atoms with E-state index in [1.165, 1.54) is 12.1 Å². The highest BCUT2D eigenvalue weighted by Crippen LogP contribution is 2.08. The Hall–Kier alpha value is -1.68. The van der Waals surface area contributed by atoms with E-state index < -0.39 is 0 Å². The number of halogens is 2. The SMILES string of the molecule is Fc1ccc(CNc2ccc(Cl)nn2)cc1. The lowest BCUT2D eigenvalue weighted by Gasteiger charge is -2.04. The molecule has 16 heavy (non-hydrogen) atoms. The van der Waals surface area contributed by atoms with Crippen LogP contribution in [0.1, 0.15) is 5.56 Å². The van der Waals surface area contributed by atoms with Crippen LogP contribution in [0, 0.1) is 5.82 Å². The Kier molecular flexibility index (Phi) is 3.31. The minimum atomic E-state index is -0.241. The normalized spacial score (nSPS) is 10.1. The van der Waals surface area contributed by atoms with E-state index in [1.807, 2.05) is 0 Å². The smallest absolute Gasteiger partial charge is 0.151 e. The lowest BCUT2D eigenvalue weighted by atomic mass is 10.2. The summed E-state index contributed by atoms with van der Waals surface area (Å²) in [6.07, 6.45) is 0. The maximum atomic E-state index is 12.6. The van der Waals surface area contributed by atoms with Crippen molar-refractivity contribution in [3.63, 3.8) is 0 Å². The molecule has 1 aromatic heterocycles. The summed E-state index contributed by atoms with van der Waals surface area (Å²) in [7, 11) is 0. The van der Waals surface area contributed by atoms with Gasteiger partial charge in [-0.15, -0.1) is 10.2 Å². The standard InChI is InChI=1S/C11H9ClFN3/c12-10-5-6-11(16-15-10)14-7-8-1-3-9(13)4-2-8/h1-6H,7H2,(H,14,16). The number of rotatable bonds is 3. The summed E-state index contributed by atoms with van der Waals surface area (Å²) < 4.78 is 12.6. The zero-order valence-electron chi connectivity index (χ0n) is 8.32. The summed E-state index contributed by atoms with van der Waals surface area (Å²) in [5.74, 6) is 0.392. The topological polar surface area (TPSA) is 37.8 Å². The monoisotopic (exact) mass is 237 g/mol. The summed E-state index contributed by atoms with van der Waals surface area (Å²) in [4.78, 5) is 0. The highest BCUT2D eigenvalue weighted by Gasteiger charge is 1.96. The molecule has 0 aliphatic rings. The number of nitrogens with zero attached hydrogens (tertiary/aromatic N) is 2. The van der Waals surface area contributed by atoms with Gasteiger partial charge in [-0.1, -0.05) is 23.7 Å². The Morgan fingerprint density at radius 1 is 1.06 bits per heavy atom. The fourth-order valence-electron chi connectivity index (χ4n) is 1.21. The number of hydrogen-bond donors (Lipinski definition) is 1. The lowest BCUT2D eigenvalue weighted by molar-refractivity contribution is 0.627. The third-order valence-corrected chi connectivity index (χ3v) is 2.22.